The molecule has 2 aromatic carbocycles. The minimum atomic E-state index is -4.47. The van der Waals surface area contributed by atoms with Crippen molar-refractivity contribution in [2.45, 2.75) is 19.6 Å². The van der Waals surface area contributed by atoms with Gasteiger partial charge in [-0.05, 0) is 31.2 Å². The van der Waals surface area contributed by atoms with E-state index in [1.807, 2.05) is 19.1 Å². The lowest BCUT2D eigenvalue weighted by atomic mass is 10.2. The number of azo groups is 1. The lowest BCUT2D eigenvalue weighted by Crippen LogP contribution is -2.12. The summed E-state index contributed by atoms with van der Waals surface area (Å²) in [5.74, 6) is -0.795. The van der Waals surface area contributed by atoms with Crippen LogP contribution in [0.5, 0.6) is 5.88 Å². The van der Waals surface area contributed by atoms with Crippen molar-refractivity contribution in [3.8, 4) is 5.88 Å². The van der Waals surface area contributed by atoms with Crippen molar-refractivity contribution < 1.29 is 23.1 Å². The van der Waals surface area contributed by atoms with Crippen LogP contribution in [0.4, 0.5) is 24.5 Å². The quantitative estimate of drug-likeness (QED) is 0.595. The normalized spacial score (nSPS) is 12.0. The molecule has 1 aromatic heterocycles. The van der Waals surface area contributed by atoms with E-state index in [1.54, 1.807) is 16.7 Å². The number of aromatic hydroxyl groups is 1. The van der Waals surface area contributed by atoms with Crippen molar-refractivity contribution in [2.75, 3.05) is 11.9 Å². The van der Waals surface area contributed by atoms with Gasteiger partial charge in [-0.15, -0.1) is 10.2 Å². The first-order chi connectivity index (χ1) is 13.3. The van der Waals surface area contributed by atoms with Gasteiger partial charge in [-0.2, -0.15) is 13.2 Å². The Morgan fingerprint density at radius 1 is 1.18 bits per heavy atom. The number of benzene rings is 2. The topological polar surface area (TPSA) is 79.0 Å². The molecule has 9 heteroatoms. The number of nitrogens with zero attached hydrogens (tertiary/aromatic N) is 3. The first kappa shape index (κ1) is 19.4. The number of carbonyl (C=O) groups excluding carboxylic acids is 1. The Bertz CT molecular complexity index is 1040. The molecule has 0 spiro atoms. The zero-order valence-corrected chi connectivity index (χ0v) is 14.9. The molecule has 1 heterocycles. The lowest BCUT2D eigenvalue weighted by Gasteiger charge is -2.09. The Balaban J connectivity index is 1.73. The molecule has 28 heavy (non-hydrogen) atoms. The number of amides is 1. The molecule has 0 atom stereocenters. The highest BCUT2D eigenvalue weighted by Crippen LogP contribution is 2.38. The Morgan fingerprint density at radius 3 is 2.64 bits per heavy atom. The second-order valence-corrected chi connectivity index (χ2v) is 5.96. The second-order valence-electron chi connectivity index (χ2n) is 5.96. The summed E-state index contributed by atoms with van der Waals surface area (Å²) in [6.07, 6.45) is -4.47. The molecule has 2 N–H and O–H groups in total. The number of nitrogens with one attached hydrogen (secondary N) is 1. The van der Waals surface area contributed by atoms with Crippen molar-refractivity contribution in [1.82, 2.24) is 4.57 Å². The monoisotopic (exact) mass is 390 g/mol. The van der Waals surface area contributed by atoms with Gasteiger partial charge >= 0.3 is 6.18 Å². The fourth-order valence-corrected chi connectivity index (χ4v) is 2.81. The number of para-hydroxylation sites is 1. The molecule has 3 aromatic rings. The highest BCUT2D eigenvalue weighted by Gasteiger charge is 2.30. The van der Waals surface area contributed by atoms with E-state index < -0.39 is 17.6 Å². The van der Waals surface area contributed by atoms with E-state index >= 15 is 0 Å². The van der Waals surface area contributed by atoms with Gasteiger partial charge in [-0.3, -0.25) is 4.79 Å². The molecule has 3 rings (SSSR count). The molecular formula is C19H17F3N4O2. The summed E-state index contributed by atoms with van der Waals surface area (Å²) in [6, 6.07) is 11.7. The van der Waals surface area contributed by atoms with Gasteiger partial charge in [0.1, 0.15) is 0 Å². The molecule has 0 bridgehead atoms. The molecule has 0 fully saturated rings. The maximum absolute atomic E-state index is 12.7. The minimum absolute atomic E-state index is 0.105. The number of alkyl halides is 3. The number of fused-ring (bicyclic) bond motifs is 1. The van der Waals surface area contributed by atoms with Gasteiger partial charge in [-0.25, -0.2) is 0 Å². The number of hydrogen-bond donors (Lipinski definition) is 2. The van der Waals surface area contributed by atoms with E-state index in [1.165, 1.54) is 12.1 Å². The molecule has 0 unspecified atom stereocenters. The summed E-state index contributed by atoms with van der Waals surface area (Å²) >= 11 is 0. The van der Waals surface area contributed by atoms with Gasteiger partial charge in [0.25, 0.3) is 5.91 Å². The van der Waals surface area contributed by atoms with Crippen molar-refractivity contribution in [1.29, 1.82) is 0 Å². The Hall–Kier alpha value is -3.36. The van der Waals surface area contributed by atoms with Crippen molar-refractivity contribution >= 4 is 28.2 Å². The van der Waals surface area contributed by atoms with Crippen LogP contribution in [0.15, 0.2) is 58.8 Å². The van der Waals surface area contributed by atoms with E-state index in [0.29, 0.717) is 11.9 Å². The van der Waals surface area contributed by atoms with Crippen LogP contribution in [0.3, 0.4) is 0 Å². The molecule has 1 amide bonds. The van der Waals surface area contributed by atoms with Crippen LogP contribution in [0.1, 0.15) is 12.5 Å². The molecule has 0 aliphatic heterocycles. The van der Waals surface area contributed by atoms with E-state index in [4.69, 9.17) is 0 Å². The molecule has 0 radical (unpaired) electrons. The van der Waals surface area contributed by atoms with Gasteiger partial charge in [0.2, 0.25) is 5.88 Å². The summed E-state index contributed by atoms with van der Waals surface area (Å²) in [5.41, 5.74) is 0.253. The van der Waals surface area contributed by atoms with Gasteiger partial charge in [0.05, 0.1) is 17.6 Å². The highest BCUT2D eigenvalue weighted by molar-refractivity contribution is 5.95. The number of anilines is 1. The van der Waals surface area contributed by atoms with Crippen molar-refractivity contribution in [2.24, 2.45) is 10.2 Å². The Labute approximate surface area is 158 Å². The van der Waals surface area contributed by atoms with E-state index in [9.17, 15) is 23.1 Å². The molecule has 0 saturated heterocycles. The number of aromatic nitrogens is 1. The minimum Gasteiger partial charge on any atom is -0.493 e. The maximum atomic E-state index is 12.7. The van der Waals surface area contributed by atoms with E-state index in [2.05, 4.69) is 15.5 Å². The zero-order valence-electron chi connectivity index (χ0n) is 14.9. The highest BCUT2D eigenvalue weighted by atomic mass is 19.4. The average molecular weight is 390 g/mol. The first-order valence-electron chi connectivity index (χ1n) is 8.47. The van der Waals surface area contributed by atoms with Crippen LogP contribution in [0.25, 0.3) is 10.9 Å². The smallest absolute Gasteiger partial charge is 0.416 e. The molecule has 0 saturated carbocycles. The van der Waals surface area contributed by atoms with E-state index in [0.717, 1.165) is 17.6 Å². The number of rotatable bonds is 5. The lowest BCUT2D eigenvalue weighted by molar-refractivity contribution is -0.137. The van der Waals surface area contributed by atoms with Gasteiger partial charge in [-0.1, -0.05) is 24.3 Å². The fourth-order valence-electron chi connectivity index (χ4n) is 2.81. The zero-order chi connectivity index (χ0) is 20.3. The van der Waals surface area contributed by atoms with Crippen LogP contribution >= 0.6 is 0 Å². The first-order valence-corrected chi connectivity index (χ1v) is 8.47. The van der Waals surface area contributed by atoms with Gasteiger partial charge < -0.3 is 15.0 Å². The second kappa shape index (κ2) is 7.71. The van der Waals surface area contributed by atoms with Crippen LogP contribution in [0, 0.1) is 0 Å². The predicted molar refractivity (Wildman–Crippen MR) is 98.7 cm³/mol. The molecule has 6 nitrogen and oxygen atoms in total. The average Bonchev–Trinajstić information content (AvgIpc) is 2.95. The largest absolute Gasteiger partial charge is 0.493 e. The summed E-state index contributed by atoms with van der Waals surface area (Å²) in [7, 11) is 0. The molecule has 0 aliphatic rings. The number of hydrogen-bond acceptors (Lipinski definition) is 4. The molecular weight excluding hydrogens is 373 g/mol. The third-order valence-electron chi connectivity index (χ3n) is 4.13. The standard InChI is InChI=1S/C19H17F3N4O2/c1-2-26-15-9-4-3-8-14(15)17(18(26)28)25-24-16(27)11-23-13-7-5-6-12(10-13)19(20,21)22/h3-10,23,28H,2,11H2,1H3. The van der Waals surface area contributed by atoms with Crippen molar-refractivity contribution in [3.05, 3.63) is 54.1 Å². The maximum Gasteiger partial charge on any atom is 0.416 e. The van der Waals surface area contributed by atoms with E-state index in [-0.39, 0.29) is 23.8 Å². The summed E-state index contributed by atoms with van der Waals surface area (Å²) in [5, 5.41) is 21.0. The van der Waals surface area contributed by atoms with Crippen LogP contribution < -0.4 is 5.32 Å². The van der Waals surface area contributed by atoms with Crippen LogP contribution in [-0.2, 0) is 17.5 Å². The summed E-state index contributed by atoms with van der Waals surface area (Å²) < 4.78 is 39.8. The fraction of sp³-hybridized carbons (Fsp3) is 0.211. The summed E-state index contributed by atoms with van der Waals surface area (Å²) in [6.45, 7) is 2.03. The summed E-state index contributed by atoms with van der Waals surface area (Å²) in [4.78, 5) is 12.0. The van der Waals surface area contributed by atoms with Gasteiger partial charge in [0, 0.05) is 17.6 Å². The van der Waals surface area contributed by atoms with Crippen LogP contribution in [-0.4, -0.2) is 22.1 Å². The number of aryl methyl sites for hydroxylation is 1. The van der Waals surface area contributed by atoms with Gasteiger partial charge in [0.15, 0.2) is 5.69 Å². The predicted octanol–water partition coefficient (Wildman–Crippen LogP) is 5.11. The Kier molecular flexibility index (Phi) is 5.34. The number of carbonyl (C=O) groups is 1. The third kappa shape index (κ3) is 3.98. The third-order valence-corrected chi connectivity index (χ3v) is 4.13. The van der Waals surface area contributed by atoms with Crippen LogP contribution in [0.2, 0.25) is 0 Å². The SMILES string of the molecule is CCn1c(O)c(N=NC(=O)CNc2cccc(C(F)(F)F)c2)c2ccccc21. The molecule has 146 valence electrons. The number of halogens is 3. The van der Waals surface area contributed by atoms with Crippen molar-refractivity contribution in [3.63, 3.8) is 0 Å². The molecule has 0 aliphatic carbocycles. The Morgan fingerprint density at radius 2 is 1.93 bits per heavy atom.